The van der Waals surface area contributed by atoms with Gasteiger partial charge in [0.05, 0.1) is 0 Å². The number of carbonyl (C=O) groups is 2. The molecule has 2 aromatic rings. The minimum atomic E-state index is -1.38. The summed E-state index contributed by atoms with van der Waals surface area (Å²) in [6.45, 7) is 1.99. The van der Waals surface area contributed by atoms with Gasteiger partial charge in [0, 0.05) is 6.42 Å². The van der Waals surface area contributed by atoms with Crippen LogP contribution in [0.3, 0.4) is 0 Å². The molecule has 0 heterocycles. The Bertz CT molecular complexity index is 599. The zero-order valence-corrected chi connectivity index (χ0v) is 9.43. The Morgan fingerprint density at radius 2 is 1.71 bits per heavy atom. The third-order valence-corrected chi connectivity index (χ3v) is 2.82. The number of rotatable bonds is 3. The van der Waals surface area contributed by atoms with Crippen LogP contribution in [0.5, 0.6) is 0 Å². The lowest BCUT2D eigenvalue weighted by molar-refractivity contribution is -0.148. The Hall–Kier alpha value is -2.16. The van der Waals surface area contributed by atoms with Gasteiger partial charge >= 0.3 is 5.97 Å². The second-order valence-electron chi connectivity index (χ2n) is 3.99. The number of carboxylic acid groups (broad SMARTS) is 1. The molecule has 0 saturated carbocycles. The van der Waals surface area contributed by atoms with Crippen molar-refractivity contribution in [3.05, 3.63) is 47.5 Å². The van der Waals surface area contributed by atoms with Crippen molar-refractivity contribution in [3.8, 4) is 0 Å². The molecule has 0 saturated heterocycles. The van der Waals surface area contributed by atoms with Gasteiger partial charge in [-0.25, -0.2) is 4.79 Å². The van der Waals surface area contributed by atoms with Gasteiger partial charge in [0.2, 0.25) is 5.78 Å². The first-order valence-corrected chi connectivity index (χ1v) is 5.33. The summed E-state index contributed by atoms with van der Waals surface area (Å²) < 4.78 is 0. The number of hydrogen-bond donors (Lipinski definition) is 1. The molecule has 0 aromatic heterocycles. The van der Waals surface area contributed by atoms with E-state index < -0.39 is 11.8 Å². The number of carbonyl (C=O) groups excluding carboxylic acids is 1. The van der Waals surface area contributed by atoms with Gasteiger partial charge in [-0.15, -0.1) is 0 Å². The van der Waals surface area contributed by atoms with E-state index in [1.165, 1.54) is 0 Å². The van der Waals surface area contributed by atoms with Crippen molar-refractivity contribution in [2.24, 2.45) is 0 Å². The summed E-state index contributed by atoms with van der Waals surface area (Å²) in [5.74, 6) is -2.16. The molecule has 86 valence electrons. The average Bonchev–Trinajstić information content (AvgIpc) is 2.33. The number of hydrogen-bond acceptors (Lipinski definition) is 2. The van der Waals surface area contributed by atoms with E-state index in [1.54, 1.807) is 0 Å². The first-order valence-electron chi connectivity index (χ1n) is 5.33. The number of Topliss-reactive ketones (excluding diaryl/α,β-unsaturated/α-hetero) is 1. The van der Waals surface area contributed by atoms with Gasteiger partial charge in [-0.3, -0.25) is 4.79 Å². The molecular weight excluding hydrogens is 216 g/mol. The Morgan fingerprint density at radius 3 is 2.35 bits per heavy atom. The summed E-state index contributed by atoms with van der Waals surface area (Å²) in [5, 5.41) is 10.6. The highest BCUT2D eigenvalue weighted by molar-refractivity contribution is 6.33. The third-order valence-electron chi connectivity index (χ3n) is 2.82. The molecule has 0 amide bonds. The highest BCUT2D eigenvalue weighted by atomic mass is 16.4. The minimum Gasteiger partial charge on any atom is -0.475 e. The van der Waals surface area contributed by atoms with Crippen LogP contribution >= 0.6 is 0 Å². The smallest absolute Gasteiger partial charge is 0.372 e. The molecular formula is C14H12O3. The molecule has 0 aliphatic carbocycles. The van der Waals surface area contributed by atoms with Gasteiger partial charge < -0.3 is 5.11 Å². The van der Waals surface area contributed by atoms with Gasteiger partial charge in [0.15, 0.2) is 0 Å². The molecule has 0 fully saturated rings. The van der Waals surface area contributed by atoms with Crippen LogP contribution in [0.1, 0.15) is 11.1 Å². The summed E-state index contributed by atoms with van der Waals surface area (Å²) in [4.78, 5) is 21.8. The lowest BCUT2D eigenvalue weighted by atomic mass is 9.97. The molecule has 0 spiro atoms. The molecule has 3 heteroatoms. The van der Waals surface area contributed by atoms with Gasteiger partial charge in [-0.2, -0.15) is 0 Å². The predicted molar refractivity (Wildman–Crippen MR) is 65.0 cm³/mol. The van der Waals surface area contributed by atoms with Gasteiger partial charge in [-0.05, 0) is 28.8 Å². The molecule has 3 nitrogen and oxygen atoms in total. The standard InChI is InChI=1S/C14H12O3/c1-9-6-7-10(8-13(15)14(16)17)12-5-3-2-4-11(9)12/h2-7H,8H2,1H3,(H,16,17). The van der Waals surface area contributed by atoms with Gasteiger partial charge in [-0.1, -0.05) is 36.4 Å². The van der Waals surface area contributed by atoms with E-state index >= 15 is 0 Å². The van der Waals surface area contributed by atoms with Crippen LogP contribution in [-0.4, -0.2) is 16.9 Å². The highest BCUT2D eigenvalue weighted by Crippen LogP contribution is 2.22. The highest BCUT2D eigenvalue weighted by Gasteiger charge is 2.14. The SMILES string of the molecule is Cc1ccc(CC(=O)C(=O)O)c2ccccc12. The fraction of sp³-hybridized carbons (Fsp3) is 0.143. The quantitative estimate of drug-likeness (QED) is 0.820. The molecule has 1 N–H and O–H groups in total. The van der Waals surface area contributed by atoms with Crippen molar-refractivity contribution >= 4 is 22.5 Å². The van der Waals surface area contributed by atoms with Crippen molar-refractivity contribution in [2.75, 3.05) is 0 Å². The van der Waals surface area contributed by atoms with E-state index in [0.717, 1.165) is 21.9 Å². The third kappa shape index (κ3) is 2.18. The number of aryl methyl sites for hydroxylation is 1. The summed E-state index contributed by atoms with van der Waals surface area (Å²) in [7, 11) is 0. The molecule has 17 heavy (non-hydrogen) atoms. The number of aliphatic carboxylic acids is 1. The second kappa shape index (κ2) is 4.37. The fourth-order valence-electron chi connectivity index (χ4n) is 1.91. The Labute approximate surface area is 98.7 Å². The monoisotopic (exact) mass is 228 g/mol. The molecule has 0 aliphatic rings. The van der Waals surface area contributed by atoms with Crippen LogP contribution in [-0.2, 0) is 16.0 Å². The Morgan fingerprint density at radius 1 is 1.06 bits per heavy atom. The minimum absolute atomic E-state index is 0.0594. The van der Waals surface area contributed by atoms with Crippen LogP contribution in [0.15, 0.2) is 36.4 Å². The second-order valence-corrected chi connectivity index (χ2v) is 3.99. The van der Waals surface area contributed by atoms with Crippen LogP contribution in [0.4, 0.5) is 0 Å². The molecule has 2 rings (SSSR count). The zero-order valence-electron chi connectivity index (χ0n) is 9.43. The van der Waals surface area contributed by atoms with Crippen LogP contribution in [0.25, 0.3) is 10.8 Å². The Balaban J connectivity index is 2.52. The molecule has 0 atom stereocenters. The number of benzene rings is 2. The van der Waals surface area contributed by atoms with E-state index in [4.69, 9.17) is 5.11 Å². The van der Waals surface area contributed by atoms with Crippen molar-refractivity contribution in [1.29, 1.82) is 0 Å². The first-order chi connectivity index (χ1) is 8.09. The summed E-state index contributed by atoms with van der Waals surface area (Å²) in [6, 6.07) is 11.4. The van der Waals surface area contributed by atoms with E-state index in [-0.39, 0.29) is 6.42 Å². The Kier molecular flexibility index (Phi) is 2.91. The lowest BCUT2D eigenvalue weighted by Gasteiger charge is -2.07. The number of fused-ring (bicyclic) bond motifs is 1. The molecule has 2 aromatic carbocycles. The molecule has 0 aliphatic heterocycles. The van der Waals surface area contributed by atoms with Crippen molar-refractivity contribution in [2.45, 2.75) is 13.3 Å². The topological polar surface area (TPSA) is 54.4 Å². The van der Waals surface area contributed by atoms with E-state index in [2.05, 4.69) is 0 Å². The predicted octanol–water partition coefficient (Wildman–Crippen LogP) is 2.34. The van der Waals surface area contributed by atoms with Crippen LogP contribution < -0.4 is 0 Å². The number of carboxylic acids is 1. The maximum atomic E-state index is 11.2. The van der Waals surface area contributed by atoms with Crippen molar-refractivity contribution in [3.63, 3.8) is 0 Å². The largest absolute Gasteiger partial charge is 0.475 e. The fourth-order valence-corrected chi connectivity index (χ4v) is 1.91. The molecule has 0 unspecified atom stereocenters. The summed E-state index contributed by atoms with van der Waals surface area (Å²) in [6.07, 6.45) is -0.0594. The number of ketones is 1. The van der Waals surface area contributed by atoms with Gasteiger partial charge in [0.25, 0.3) is 0 Å². The van der Waals surface area contributed by atoms with E-state index in [1.807, 2.05) is 43.3 Å². The zero-order chi connectivity index (χ0) is 12.4. The van der Waals surface area contributed by atoms with Gasteiger partial charge in [0.1, 0.15) is 0 Å². The maximum absolute atomic E-state index is 11.2. The molecule has 0 radical (unpaired) electrons. The first kappa shape index (κ1) is 11.3. The van der Waals surface area contributed by atoms with Crippen molar-refractivity contribution < 1.29 is 14.7 Å². The maximum Gasteiger partial charge on any atom is 0.372 e. The van der Waals surface area contributed by atoms with E-state index in [9.17, 15) is 9.59 Å². The average molecular weight is 228 g/mol. The summed E-state index contributed by atoms with van der Waals surface area (Å²) >= 11 is 0. The normalized spacial score (nSPS) is 10.4. The van der Waals surface area contributed by atoms with Crippen LogP contribution in [0.2, 0.25) is 0 Å². The van der Waals surface area contributed by atoms with Crippen LogP contribution in [0, 0.1) is 6.92 Å². The van der Waals surface area contributed by atoms with Crippen molar-refractivity contribution in [1.82, 2.24) is 0 Å². The summed E-state index contributed by atoms with van der Waals surface area (Å²) in [5.41, 5.74) is 1.88. The van der Waals surface area contributed by atoms with E-state index in [0.29, 0.717) is 0 Å². The lowest BCUT2D eigenvalue weighted by Crippen LogP contribution is -2.15. The molecule has 0 bridgehead atoms.